The quantitative estimate of drug-likeness (QED) is 0.693. The van der Waals surface area contributed by atoms with Crippen LogP contribution in [-0.2, 0) is 0 Å². The van der Waals surface area contributed by atoms with Crippen LogP contribution in [0.25, 0.3) is 0 Å². The predicted molar refractivity (Wildman–Crippen MR) is 59.8 cm³/mol. The third kappa shape index (κ3) is 3.24. The molecule has 13 heavy (non-hydrogen) atoms. The minimum atomic E-state index is -0.270. The number of thiocarbonyl (C=S) groups is 1. The van der Waals surface area contributed by atoms with E-state index in [-0.39, 0.29) is 11.6 Å². The van der Waals surface area contributed by atoms with Gasteiger partial charge in [0.15, 0.2) is 0 Å². The highest BCUT2D eigenvalue weighted by Crippen LogP contribution is 2.27. The van der Waals surface area contributed by atoms with Gasteiger partial charge in [-0.1, -0.05) is 31.5 Å². The molecule has 0 aromatic carbocycles. The van der Waals surface area contributed by atoms with E-state index in [1.165, 1.54) is 32.1 Å². The molecular weight excluding hydrogens is 180 g/mol. The Balaban J connectivity index is 2.45. The molecule has 0 saturated heterocycles. The van der Waals surface area contributed by atoms with Crippen molar-refractivity contribution in [1.82, 2.24) is 11.1 Å². The number of hydrogen-bond donors (Lipinski definition) is 1. The summed E-state index contributed by atoms with van der Waals surface area (Å²) in [6.45, 7) is 4.04. The van der Waals surface area contributed by atoms with Crippen LogP contribution in [-0.4, -0.2) is 16.6 Å². The summed E-state index contributed by atoms with van der Waals surface area (Å²) in [6.07, 6.45) is 6.32. The van der Waals surface area contributed by atoms with Gasteiger partial charge in [-0.15, -0.1) is 0 Å². The van der Waals surface area contributed by atoms with Crippen molar-refractivity contribution >= 4 is 17.2 Å². The van der Waals surface area contributed by atoms with Crippen LogP contribution in [0.1, 0.15) is 46.0 Å². The highest BCUT2D eigenvalue weighted by Gasteiger charge is 2.27. The number of hydrogen-bond acceptors (Lipinski definition) is 1. The Kier molecular flexibility index (Phi) is 3.68. The highest BCUT2D eigenvalue weighted by molar-refractivity contribution is 7.80. The Hall–Kier alpha value is -0.150. The molecule has 1 saturated carbocycles. The van der Waals surface area contributed by atoms with Gasteiger partial charge < -0.3 is 5.32 Å². The molecule has 2 nitrogen and oxygen atoms in total. The van der Waals surface area contributed by atoms with Gasteiger partial charge in [-0.3, -0.25) is 0 Å². The molecule has 0 aromatic rings. The Bertz CT molecular complexity index is 183. The summed E-state index contributed by atoms with van der Waals surface area (Å²) < 4.78 is 0. The maximum absolute atomic E-state index is 7.49. The molecule has 3 heteroatoms. The molecule has 0 amide bonds. The number of nitrogens with one attached hydrogen (secondary N) is 2. The lowest BCUT2D eigenvalue weighted by molar-refractivity contribution is 0.290. The fraction of sp³-hybridized carbons (Fsp3) is 0.900. The Morgan fingerprint density at radius 3 is 2.38 bits per heavy atom. The molecule has 0 spiro atoms. The van der Waals surface area contributed by atoms with Crippen LogP contribution in [0.5, 0.6) is 0 Å². The van der Waals surface area contributed by atoms with Gasteiger partial charge in [-0.2, -0.15) is 0 Å². The lowest BCUT2D eigenvalue weighted by Crippen LogP contribution is -2.49. The summed E-state index contributed by atoms with van der Waals surface area (Å²) >= 11 is 5.13. The second kappa shape index (κ2) is 4.38. The van der Waals surface area contributed by atoms with Crippen LogP contribution in [0.2, 0.25) is 0 Å². The molecule has 1 rings (SSSR count). The molecular formula is C10H19N2S. The second-order valence-corrected chi connectivity index (χ2v) is 4.77. The molecule has 1 fully saturated rings. The van der Waals surface area contributed by atoms with Crippen molar-refractivity contribution in [3.8, 4) is 0 Å². The maximum atomic E-state index is 7.49. The second-order valence-electron chi connectivity index (χ2n) is 4.33. The Labute approximate surface area is 86.3 Å². The molecule has 75 valence electrons. The summed E-state index contributed by atoms with van der Waals surface area (Å²) in [4.78, 5) is 0.699. The average Bonchev–Trinajstić information content (AvgIpc) is 2.04. The molecule has 1 aliphatic rings. The molecule has 0 bridgehead atoms. The van der Waals surface area contributed by atoms with Gasteiger partial charge in [0.25, 0.3) is 0 Å². The van der Waals surface area contributed by atoms with Crippen LogP contribution in [0.4, 0.5) is 0 Å². The molecule has 1 radical (unpaired) electrons. The van der Waals surface area contributed by atoms with Gasteiger partial charge >= 0.3 is 0 Å². The highest BCUT2D eigenvalue weighted by atomic mass is 32.1. The largest absolute Gasteiger partial charge is 0.373 e. The predicted octanol–water partition coefficient (Wildman–Crippen LogP) is 2.30. The molecule has 1 atom stereocenters. The van der Waals surface area contributed by atoms with Crippen molar-refractivity contribution in [2.75, 3.05) is 0 Å². The third-order valence-corrected chi connectivity index (χ3v) is 3.23. The summed E-state index contributed by atoms with van der Waals surface area (Å²) in [6, 6.07) is -0.270. The first-order valence-corrected chi connectivity index (χ1v) is 5.47. The van der Waals surface area contributed by atoms with Gasteiger partial charge in [0.2, 0.25) is 0 Å². The normalized spacial score (nSPS) is 23.6. The zero-order chi connectivity index (χ0) is 9.90. The van der Waals surface area contributed by atoms with Crippen molar-refractivity contribution in [1.29, 1.82) is 0 Å². The van der Waals surface area contributed by atoms with Crippen LogP contribution < -0.4 is 11.1 Å². The zero-order valence-corrected chi connectivity index (χ0v) is 9.34. The molecule has 0 aliphatic heterocycles. The van der Waals surface area contributed by atoms with Gasteiger partial charge in [-0.05, 0) is 26.7 Å². The molecule has 0 aromatic heterocycles. The summed E-state index contributed by atoms with van der Waals surface area (Å²) in [5.41, 5.74) is 7.66. The third-order valence-electron chi connectivity index (χ3n) is 2.78. The van der Waals surface area contributed by atoms with E-state index < -0.39 is 0 Å². The van der Waals surface area contributed by atoms with E-state index in [0.717, 1.165) is 0 Å². The van der Waals surface area contributed by atoms with E-state index in [2.05, 4.69) is 12.2 Å². The van der Waals surface area contributed by atoms with Crippen molar-refractivity contribution < 1.29 is 0 Å². The first kappa shape index (κ1) is 10.9. The molecule has 1 aliphatic carbocycles. The standard InChI is InChI=1S/C10H19N2S/c1-8(11)9(13)12-10(2)6-4-3-5-7-10/h8,11H,3-7H2,1-2H3,(H,12,13). The van der Waals surface area contributed by atoms with E-state index in [0.29, 0.717) is 4.99 Å². The molecule has 0 heterocycles. The van der Waals surface area contributed by atoms with Crippen molar-refractivity contribution in [3.05, 3.63) is 0 Å². The van der Waals surface area contributed by atoms with Crippen LogP contribution in [0.3, 0.4) is 0 Å². The zero-order valence-electron chi connectivity index (χ0n) is 8.52. The summed E-state index contributed by atoms with van der Waals surface area (Å²) in [5, 5.41) is 3.34. The first-order valence-electron chi connectivity index (χ1n) is 5.07. The Morgan fingerprint density at radius 1 is 1.38 bits per heavy atom. The smallest absolute Gasteiger partial charge is 0.0940 e. The maximum Gasteiger partial charge on any atom is 0.0940 e. The van der Waals surface area contributed by atoms with E-state index in [1.54, 1.807) is 0 Å². The monoisotopic (exact) mass is 199 g/mol. The fourth-order valence-electron chi connectivity index (χ4n) is 1.86. The van der Waals surface area contributed by atoms with Gasteiger partial charge in [0.1, 0.15) is 0 Å². The van der Waals surface area contributed by atoms with E-state index in [4.69, 9.17) is 18.0 Å². The van der Waals surface area contributed by atoms with Gasteiger partial charge in [0, 0.05) is 5.54 Å². The summed E-state index contributed by atoms with van der Waals surface area (Å²) in [7, 11) is 0. The molecule has 1 unspecified atom stereocenters. The van der Waals surface area contributed by atoms with E-state index >= 15 is 0 Å². The van der Waals surface area contributed by atoms with Crippen molar-refractivity contribution in [3.63, 3.8) is 0 Å². The minimum absolute atomic E-state index is 0.171. The van der Waals surface area contributed by atoms with Gasteiger partial charge in [0.05, 0.1) is 11.0 Å². The van der Waals surface area contributed by atoms with Crippen LogP contribution in [0, 0.1) is 0 Å². The van der Waals surface area contributed by atoms with Crippen LogP contribution >= 0.6 is 12.2 Å². The minimum Gasteiger partial charge on any atom is -0.373 e. The fourth-order valence-corrected chi connectivity index (χ4v) is 2.11. The van der Waals surface area contributed by atoms with Crippen molar-refractivity contribution in [2.45, 2.75) is 57.5 Å². The van der Waals surface area contributed by atoms with E-state index in [9.17, 15) is 0 Å². The van der Waals surface area contributed by atoms with Crippen molar-refractivity contribution in [2.24, 2.45) is 0 Å². The number of rotatable bonds is 2. The lowest BCUT2D eigenvalue weighted by Gasteiger charge is -2.36. The SMILES string of the molecule is CC([NH])C(=S)NC1(C)CCCCC1. The summed E-state index contributed by atoms with van der Waals surface area (Å²) in [5.74, 6) is 0. The lowest BCUT2D eigenvalue weighted by atomic mass is 9.83. The topological polar surface area (TPSA) is 35.8 Å². The first-order chi connectivity index (χ1) is 6.03. The van der Waals surface area contributed by atoms with E-state index in [1.807, 2.05) is 6.92 Å². The average molecular weight is 199 g/mol. The molecule has 2 N–H and O–H groups in total. The Morgan fingerprint density at radius 2 is 1.92 bits per heavy atom. The van der Waals surface area contributed by atoms with Crippen LogP contribution in [0.15, 0.2) is 0 Å². The van der Waals surface area contributed by atoms with Gasteiger partial charge in [-0.25, -0.2) is 5.73 Å².